The summed E-state index contributed by atoms with van der Waals surface area (Å²) >= 11 is 0. The highest BCUT2D eigenvalue weighted by atomic mass is 16.3. The van der Waals surface area contributed by atoms with Crippen LogP contribution in [0.5, 0.6) is 0 Å². The summed E-state index contributed by atoms with van der Waals surface area (Å²) in [7, 11) is 0. The highest BCUT2D eigenvalue weighted by Crippen LogP contribution is 2.43. The second-order valence-electron chi connectivity index (χ2n) is 10.1. The van der Waals surface area contributed by atoms with Crippen molar-refractivity contribution in [2.45, 2.75) is 0 Å². The van der Waals surface area contributed by atoms with Crippen molar-refractivity contribution in [2.24, 2.45) is 0 Å². The molecule has 0 saturated heterocycles. The third-order valence-corrected chi connectivity index (χ3v) is 7.44. The quantitative estimate of drug-likeness (QED) is 0.176. The SMILES string of the molecule is [2H]C=C([2H])/C([2H])=C([2H])\C(=C\c1ccccc1)c1cc([2H])c([2H])c([2H])c([2H])cc(-c2ccc(-c3ccccc3)c3oc4ccccc4c23)c2c([2H])c([2H])c([2H])c([2H])c12. The van der Waals surface area contributed by atoms with Crippen LogP contribution in [0.3, 0.4) is 0 Å². The summed E-state index contributed by atoms with van der Waals surface area (Å²) in [4.78, 5) is 0. The lowest BCUT2D eigenvalue weighted by Gasteiger charge is -2.12. The molecule has 0 radical (unpaired) electrons. The minimum atomic E-state index is -0.678. The first-order valence-electron chi connectivity index (χ1n) is 20.3. The van der Waals surface area contributed by atoms with Crippen molar-refractivity contribution in [1.29, 1.82) is 0 Å². The van der Waals surface area contributed by atoms with Crippen molar-refractivity contribution in [1.82, 2.24) is 0 Å². The van der Waals surface area contributed by atoms with Gasteiger partial charge in [-0.2, -0.15) is 0 Å². The van der Waals surface area contributed by atoms with E-state index in [1.807, 2.05) is 54.6 Å². The summed E-state index contributed by atoms with van der Waals surface area (Å²) in [6.45, 7) is 0.601. The molecule has 0 spiro atoms. The zero-order chi connectivity index (χ0) is 40.7. The van der Waals surface area contributed by atoms with Crippen molar-refractivity contribution in [3.8, 4) is 22.3 Å². The third kappa shape index (κ3) is 5.60. The second-order valence-corrected chi connectivity index (χ2v) is 10.1. The van der Waals surface area contributed by atoms with Crippen LogP contribution < -0.4 is 0 Å². The van der Waals surface area contributed by atoms with E-state index in [0.717, 1.165) is 17.2 Å². The van der Waals surface area contributed by atoms with Gasteiger partial charge in [0.05, 0.1) is 16.4 Å². The van der Waals surface area contributed by atoms with Crippen LogP contribution in [0, 0.1) is 0 Å². The standard InChI is InChI=1S/C44H32O/c1-2-3-20-34(31-32-18-8-6-9-19-32)35-23-12-4-5-13-24-39(38-26-15-14-25-37(35)38)40-30-29-36(33-21-10-7-11-22-33)44-43(40)41-27-16-17-28-42(41)45-44/h2-31H,1H2/b5-4?,12-4?,13-5?,20-3-,23-12?,24-13?,34-31-,35-23?,37-35?,39-24?,39-38?/i1D,2D,3D,4D,5D,12D,13D,14D,15D,20D,25D,26D/b2-1?,5-4?,12-4?,13-5?,20-3-,23-12?,24-13?,34-31-,35-23?,37-35?,39-24?,39-38?. The van der Waals surface area contributed by atoms with Crippen LogP contribution in [0.1, 0.15) is 27.6 Å². The topological polar surface area (TPSA) is 13.1 Å². The van der Waals surface area contributed by atoms with E-state index >= 15 is 0 Å². The van der Waals surface area contributed by atoms with E-state index < -0.39 is 66.5 Å². The largest absolute Gasteiger partial charge is 0.455 e. The fraction of sp³-hybridized carbons (Fsp3) is 0. The Morgan fingerprint density at radius 3 is 2.18 bits per heavy atom. The summed E-state index contributed by atoms with van der Waals surface area (Å²) in [6.07, 6.45) is 1.47. The van der Waals surface area contributed by atoms with Gasteiger partial charge in [-0.05, 0) is 62.4 Å². The first kappa shape index (κ1) is 17.4. The molecule has 45 heavy (non-hydrogen) atoms. The minimum absolute atomic E-state index is 0.0722. The minimum Gasteiger partial charge on any atom is -0.455 e. The Balaban J connectivity index is 1.80. The molecule has 1 heteroatoms. The summed E-state index contributed by atoms with van der Waals surface area (Å²) in [5.74, 6) is 0. The molecule has 7 rings (SSSR count). The van der Waals surface area contributed by atoms with Crippen LogP contribution in [0.4, 0.5) is 0 Å². The van der Waals surface area contributed by atoms with Crippen LogP contribution in [0.25, 0.3) is 66.6 Å². The Morgan fingerprint density at radius 1 is 0.644 bits per heavy atom. The summed E-state index contributed by atoms with van der Waals surface area (Å²) in [5.41, 5.74) is 3.18. The maximum absolute atomic E-state index is 9.46. The van der Waals surface area contributed by atoms with Crippen LogP contribution in [0.2, 0.25) is 0 Å². The molecule has 0 aliphatic carbocycles. The average molecular weight is 589 g/mol. The smallest absolute Gasteiger partial charge is 0.143 e. The molecule has 214 valence electrons. The van der Waals surface area contributed by atoms with Gasteiger partial charge < -0.3 is 4.42 Å². The monoisotopic (exact) mass is 588 g/mol. The molecule has 0 amide bonds. The number of allylic oxidation sites excluding steroid dienone is 4. The predicted octanol–water partition coefficient (Wildman–Crippen LogP) is 12.5. The van der Waals surface area contributed by atoms with Crippen LogP contribution in [-0.2, 0) is 0 Å². The Bertz CT molecular complexity index is 2910. The van der Waals surface area contributed by atoms with Crippen molar-refractivity contribution >= 4 is 44.4 Å². The third-order valence-electron chi connectivity index (χ3n) is 7.44. The lowest BCUT2D eigenvalue weighted by atomic mass is 9.91. The van der Waals surface area contributed by atoms with E-state index in [1.54, 1.807) is 42.5 Å². The molecule has 0 unspecified atom stereocenters. The van der Waals surface area contributed by atoms with Gasteiger partial charge in [-0.25, -0.2) is 0 Å². The van der Waals surface area contributed by atoms with Crippen LogP contribution in [-0.4, -0.2) is 0 Å². The summed E-state index contributed by atoms with van der Waals surface area (Å²) in [5, 5.41) is 0.874. The van der Waals surface area contributed by atoms with Gasteiger partial charge in [0.2, 0.25) is 0 Å². The van der Waals surface area contributed by atoms with Gasteiger partial charge >= 0.3 is 0 Å². The molecule has 0 atom stereocenters. The number of rotatable bonds is 6. The summed E-state index contributed by atoms with van der Waals surface area (Å²) in [6, 6.07) is 24.7. The zero-order valence-corrected chi connectivity index (χ0v) is 24.0. The van der Waals surface area contributed by atoms with E-state index in [2.05, 4.69) is 0 Å². The average Bonchev–Trinajstić information content (AvgIpc) is 3.63. The number of benzene rings is 5. The molecule has 1 aromatic heterocycles. The molecule has 0 aliphatic rings. The van der Waals surface area contributed by atoms with Crippen molar-refractivity contribution in [2.75, 3.05) is 0 Å². The van der Waals surface area contributed by atoms with Gasteiger partial charge in [0.1, 0.15) is 11.2 Å². The van der Waals surface area contributed by atoms with Gasteiger partial charge in [-0.3, -0.25) is 0 Å². The van der Waals surface area contributed by atoms with Crippen molar-refractivity contribution in [3.05, 3.63) is 193 Å². The van der Waals surface area contributed by atoms with Crippen molar-refractivity contribution < 1.29 is 20.9 Å². The fourth-order valence-corrected chi connectivity index (χ4v) is 5.47. The highest BCUT2D eigenvalue weighted by molar-refractivity contribution is 6.18. The fourth-order valence-electron chi connectivity index (χ4n) is 5.47. The Labute approximate surface area is 280 Å². The Kier molecular flexibility index (Phi) is 4.93. The normalized spacial score (nSPS) is 16.4. The lowest BCUT2D eigenvalue weighted by Crippen LogP contribution is -1.87. The van der Waals surface area contributed by atoms with Crippen LogP contribution >= 0.6 is 0 Å². The molecule has 0 N–H and O–H groups in total. The van der Waals surface area contributed by atoms with E-state index in [4.69, 9.17) is 16.8 Å². The highest BCUT2D eigenvalue weighted by Gasteiger charge is 2.18. The van der Waals surface area contributed by atoms with Gasteiger partial charge in [0, 0.05) is 16.3 Å². The molecule has 1 heterocycles. The number of hydrogen-bond acceptors (Lipinski definition) is 1. The Hall–Kier alpha value is -5.92. The molecule has 0 fully saturated rings. The van der Waals surface area contributed by atoms with E-state index in [9.17, 15) is 4.11 Å². The number of fused-ring (bicyclic) bond motifs is 4. The molecule has 0 bridgehead atoms. The summed E-state index contributed by atoms with van der Waals surface area (Å²) < 4.78 is 113. The zero-order valence-electron chi connectivity index (χ0n) is 36.0. The first-order valence-corrected chi connectivity index (χ1v) is 14.2. The van der Waals surface area contributed by atoms with E-state index in [-0.39, 0.29) is 27.5 Å². The Morgan fingerprint density at radius 2 is 1.36 bits per heavy atom. The molecular weight excluding hydrogens is 544 g/mol. The number of hydrogen-bond donors (Lipinski definition) is 0. The molecule has 6 aromatic carbocycles. The molecule has 0 aliphatic heterocycles. The van der Waals surface area contributed by atoms with Crippen molar-refractivity contribution in [3.63, 3.8) is 0 Å². The maximum Gasteiger partial charge on any atom is 0.143 e. The van der Waals surface area contributed by atoms with Gasteiger partial charge in [-0.15, -0.1) is 0 Å². The van der Waals surface area contributed by atoms with Gasteiger partial charge in [0.25, 0.3) is 0 Å². The number of furan rings is 1. The van der Waals surface area contributed by atoms with E-state index in [1.165, 1.54) is 12.1 Å². The number of para-hydroxylation sites is 1. The maximum atomic E-state index is 9.46. The first-order chi connectivity index (χ1) is 27.3. The second kappa shape index (κ2) is 12.8. The molecular formula is C44H32O. The van der Waals surface area contributed by atoms with Gasteiger partial charge in [0.15, 0.2) is 0 Å². The lowest BCUT2D eigenvalue weighted by molar-refractivity contribution is 0.670. The van der Waals surface area contributed by atoms with Crippen LogP contribution in [0.15, 0.2) is 187 Å². The van der Waals surface area contributed by atoms with E-state index in [0.29, 0.717) is 39.6 Å². The molecule has 1 nitrogen and oxygen atoms in total. The molecule has 7 aromatic rings. The van der Waals surface area contributed by atoms with Gasteiger partial charge in [-0.1, -0.05) is 170 Å². The predicted molar refractivity (Wildman–Crippen MR) is 193 cm³/mol. The molecule has 0 saturated carbocycles.